The number of amides is 2. The van der Waals surface area contributed by atoms with Crippen molar-refractivity contribution in [2.75, 3.05) is 37.6 Å². The van der Waals surface area contributed by atoms with E-state index >= 15 is 0 Å². The van der Waals surface area contributed by atoms with Crippen LogP contribution in [-0.2, 0) is 14.3 Å². The first-order valence-electron chi connectivity index (χ1n) is 6.11. The number of ether oxygens (including phenoxy) is 2. The van der Waals surface area contributed by atoms with Crippen molar-refractivity contribution in [3.05, 3.63) is 18.2 Å². The topological polar surface area (TPSA) is 93.9 Å². The van der Waals surface area contributed by atoms with Gasteiger partial charge in [0, 0.05) is 19.8 Å². The molecule has 0 bridgehead atoms. The predicted octanol–water partition coefficient (Wildman–Crippen LogP) is -0.0460. The number of nitrogens with two attached hydrogens (primary N) is 1. The van der Waals surface area contributed by atoms with Gasteiger partial charge in [0.25, 0.3) is 5.91 Å². The van der Waals surface area contributed by atoms with Gasteiger partial charge in [0.05, 0.1) is 12.3 Å². The molecule has 2 amide bonds. The van der Waals surface area contributed by atoms with Gasteiger partial charge in [-0.2, -0.15) is 0 Å². The summed E-state index contributed by atoms with van der Waals surface area (Å²) in [6, 6.07) is 4.33. The number of hydrogen-bond donors (Lipinski definition) is 2. The largest absolute Gasteiger partial charge is 0.482 e. The van der Waals surface area contributed by atoms with Crippen LogP contribution < -0.4 is 20.7 Å². The van der Waals surface area contributed by atoms with Crippen LogP contribution in [0.25, 0.3) is 0 Å². The van der Waals surface area contributed by atoms with Crippen molar-refractivity contribution in [2.24, 2.45) is 5.73 Å². The van der Waals surface area contributed by atoms with E-state index in [1.165, 1.54) is 12.0 Å². The van der Waals surface area contributed by atoms with E-state index in [2.05, 4.69) is 5.32 Å². The van der Waals surface area contributed by atoms with Gasteiger partial charge in [-0.3, -0.25) is 9.59 Å². The third-order valence-electron chi connectivity index (χ3n) is 3.00. The lowest BCUT2D eigenvalue weighted by Crippen LogP contribution is -2.39. The van der Waals surface area contributed by atoms with Gasteiger partial charge in [-0.05, 0) is 18.2 Å². The van der Waals surface area contributed by atoms with E-state index in [-0.39, 0.29) is 25.0 Å². The Bertz CT molecular complexity index is 532. The Balaban J connectivity index is 2.15. The number of carbonyl (C=O) groups excluding carboxylic acids is 2. The number of rotatable bonds is 4. The minimum Gasteiger partial charge on any atom is -0.482 e. The Labute approximate surface area is 116 Å². The molecule has 0 saturated heterocycles. The molecule has 3 N–H and O–H groups in total. The number of nitrogens with one attached hydrogen (secondary N) is 1. The van der Waals surface area contributed by atoms with Crippen molar-refractivity contribution in [3.63, 3.8) is 0 Å². The maximum atomic E-state index is 11.8. The van der Waals surface area contributed by atoms with Gasteiger partial charge in [-0.15, -0.1) is 0 Å². The zero-order valence-electron chi connectivity index (χ0n) is 11.4. The van der Waals surface area contributed by atoms with Gasteiger partial charge < -0.3 is 25.4 Å². The standard InChI is InChI=1S/C13H17N3O4/c1-16-10-5-8(15-13(18)9(14)6-19-2)3-4-11(10)20-7-12(16)17/h3-5,9H,6-7,14H2,1-2H3,(H,15,18). The Morgan fingerprint density at radius 1 is 1.60 bits per heavy atom. The average molecular weight is 279 g/mol. The highest BCUT2D eigenvalue weighted by molar-refractivity contribution is 5.99. The number of fused-ring (bicyclic) bond motifs is 1. The normalized spacial score (nSPS) is 15.3. The molecule has 0 fully saturated rings. The number of likely N-dealkylation sites (N-methyl/N-ethyl adjacent to an activating group) is 1. The monoisotopic (exact) mass is 279 g/mol. The summed E-state index contributed by atoms with van der Waals surface area (Å²) in [7, 11) is 3.13. The number of methoxy groups -OCH3 is 1. The van der Waals surface area contributed by atoms with E-state index in [4.69, 9.17) is 15.2 Å². The van der Waals surface area contributed by atoms with Crippen LogP contribution in [0.1, 0.15) is 0 Å². The summed E-state index contributed by atoms with van der Waals surface area (Å²) in [4.78, 5) is 24.8. The van der Waals surface area contributed by atoms with Gasteiger partial charge in [-0.1, -0.05) is 0 Å². The second-order valence-electron chi connectivity index (χ2n) is 4.48. The molecule has 1 atom stereocenters. The van der Waals surface area contributed by atoms with Gasteiger partial charge in [0.1, 0.15) is 11.8 Å². The van der Waals surface area contributed by atoms with Gasteiger partial charge in [0.2, 0.25) is 5.91 Å². The number of nitrogens with zero attached hydrogens (tertiary/aromatic N) is 1. The Morgan fingerprint density at radius 2 is 2.35 bits per heavy atom. The lowest BCUT2D eigenvalue weighted by Gasteiger charge is -2.26. The van der Waals surface area contributed by atoms with E-state index in [1.807, 2.05) is 0 Å². The summed E-state index contributed by atoms with van der Waals surface area (Å²) in [6.07, 6.45) is 0. The fourth-order valence-electron chi connectivity index (χ4n) is 1.84. The molecule has 0 radical (unpaired) electrons. The molecule has 1 aliphatic heterocycles. The summed E-state index contributed by atoms with van der Waals surface area (Å²) in [5.41, 5.74) is 6.79. The van der Waals surface area contributed by atoms with Crippen LogP contribution in [0.2, 0.25) is 0 Å². The molecule has 0 spiro atoms. The molecule has 2 rings (SSSR count). The molecule has 108 valence electrons. The molecule has 7 nitrogen and oxygen atoms in total. The lowest BCUT2D eigenvalue weighted by molar-refractivity contribution is -0.121. The molecule has 1 aromatic rings. The number of anilines is 2. The molecule has 1 aliphatic rings. The zero-order chi connectivity index (χ0) is 14.7. The number of benzene rings is 1. The van der Waals surface area contributed by atoms with Crippen LogP contribution >= 0.6 is 0 Å². The van der Waals surface area contributed by atoms with Crippen LogP contribution in [0.3, 0.4) is 0 Å². The van der Waals surface area contributed by atoms with Gasteiger partial charge in [0.15, 0.2) is 6.61 Å². The number of hydrogen-bond acceptors (Lipinski definition) is 5. The highest BCUT2D eigenvalue weighted by Crippen LogP contribution is 2.33. The minimum absolute atomic E-state index is 0.0217. The van der Waals surface area contributed by atoms with Crippen LogP contribution in [0.4, 0.5) is 11.4 Å². The fraction of sp³-hybridized carbons (Fsp3) is 0.385. The Hall–Kier alpha value is -2.12. The maximum Gasteiger partial charge on any atom is 0.264 e. The van der Waals surface area contributed by atoms with E-state index in [0.29, 0.717) is 17.1 Å². The van der Waals surface area contributed by atoms with Crippen molar-refractivity contribution >= 4 is 23.2 Å². The average Bonchev–Trinajstić information content (AvgIpc) is 2.43. The predicted molar refractivity (Wildman–Crippen MR) is 73.8 cm³/mol. The van der Waals surface area contributed by atoms with Crippen molar-refractivity contribution in [3.8, 4) is 5.75 Å². The van der Waals surface area contributed by atoms with E-state index in [1.54, 1.807) is 25.2 Å². The molecular weight excluding hydrogens is 262 g/mol. The van der Waals surface area contributed by atoms with E-state index in [0.717, 1.165) is 0 Å². The summed E-state index contributed by atoms with van der Waals surface area (Å²) >= 11 is 0. The minimum atomic E-state index is -0.744. The van der Waals surface area contributed by atoms with Crippen LogP contribution in [-0.4, -0.2) is 45.2 Å². The van der Waals surface area contributed by atoms with E-state index in [9.17, 15) is 9.59 Å². The van der Waals surface area contributed by atoms with Crippen molar-refractivity contribution < 1.29 is 19.1 Å². The summed E-state index contributed by atoms with van der Waals surface area (Å²) in [6.45, 7) is 0.159. The molecule has 20 heavy (non-hydrogen) atoms. The third-order valence-corrected chi connectivity index (χ3v) is 3.00. The smallest absolute Gasteiger partial charge is 0.264 e. The van der Waals surface area contributed by atoms with Crippen LogP contribution in [0.5, 0.6) is 5.75 Å². The summed E-state index contributed by atoms with van der Waals surface area (Å²) in [5.74, 6) is 0.112. The second-order valence-corrected chi connectivity index (χ2v) is 4.48. The highest BCUT2D eigenvalue weighted by atomic mass is 16.5. The molecule has 0 saturated carbocycles. The lowest BCUT2D eigenvalue weighted by atomic mass is 10.2. The van der Waals surface area contributed by atoms with Crippen LogP contribution in [0.15, 0.2) is 18.2 Å². The molecule has 7 heteroatoms. The molecule has 0 aliphatic carbocycles. The molecule has 0 aromatic heterocycles. The van der Waals surface area contributed by atoms with Gasteiger partial charge in [-0.25, -0.2) is 0 Å². The molecule has 1 aromatic carbocycles. The maximum absolute atomic E-state index is 11.8. The SMILES string of the molecule is COCC(N)C(=O)Nc1ccc2c(c1)N(C)C(=O)CO2. The van der Waals surface area contributed by atoms with Crippen molar-refractivity contribution in [2.45, 2.75) is 6.04 Å². The zero-order valence-corrected chi connectivity index (χ0v) is 11.4. The number of carbonyl (C=O) groups is 2. The van der Waals surface area contributed by atoms with Crippen molar-refractivity contribution in [1.82, 2.24) is 0 Å². The first-order valence-corrected chi connectivity index (χ1v) is 6.11. The quantitative estimate of drug-likeness (QED) is 0.806. The first kappa shape index (κ1) is 14.3. The second kappa shape index (κ2) is 5.89. The molecule has 1 unspecified atom stereocenters. The van der Waals surface area contributed by atoms with Crippen molar-refractivity contribution in [1.29, 1.82) is 0 Å². The van der Waals surface area contributed by atoms with Gasteiger partial charge >= 0.3 is 0 Å². The van der Waals surface area contributed by atoms with E-state index < -0.39 is 6.04 Å². The molecular formula is C13H17N3O4. The third kappa shape index (κ3) is 2.89. The summed E-state index contributed by atoms with van der Waals surface area (Å²) < 4.78 is 10.1. The Kier molecular flexibility index (Phi) is 4.21. The summed E-state index contributed by atoms with van der Waals surface area (Å²) in [5, 5.41) is 2.67. The Morgan fingerprint density at radius 3 is 3.05 bits per heavy atom. The van der Waals surface area contributed by atoms with Crippen LogP contribution in [0, 0.1) is 0 Å². The molecule has 1 heterocycles. The fourth-order valence-corrected chi connectivity index (χ4v) is 1.84. The highest BCUT2D eigenvalue weighted by Gasteiger charge is 2.23. The first-order chi connectivity index (χ1) is 9.52.